The van der Waals surface area contributed by atoms with Crippen LogP contribution in [0.1, 0.15) is 45.4 Å². The highest BCUT2D eigenvalue weighted by Crippen LogP contribution is 2.57. The number of fused-ring (bicyclic) bond motifs is 3. The van der Waals surface area contributed by atoms with E-state index in [9.17, 15) is 20.2 Å². The Morgan fingerprint density at radius 1 is 0.905 bits per heavy atom. The second kappa shape index (κ2) is 5.39. The van der Waals surface area contributed by atoms with Crippen molar-refractivity contribution in [3.05, 3.63) is 31.9 Å². The molecule has 6 unspecified atom stereocenters. The molecule has 0 aromatic heterocycles. The molecule has 116 valence electrons. The Hall–Kier alpha value is -1.46. The largest absolute Gasteiger partial charge is 0.264 e. The smallest absolute Gasteiger partial charge is 0.213 e. The second-order valence-corrected chi connectivity index (χ2v) is 6.83. The quantitative estimate of drug-likeness (QED) is 0.445. The van der Waals surface area contributed by atoms with Crippen LogP contribution in [-0.4, -0.2) is 21.9 Å². The summed E-state index contributed by atoms with van der Waals surface area (Å²) >= 11 is 0. The standard InChI is InChI=1S/C15H22N2O4/c1-2-11-14-7-9(16(18)19)3-5-12(14)13-6-4-10(17(20)21)8-15(11)13/h2,9-10,12-15H,3-8H2,1H3. The van der Waals surface area contributed by atoms with E-state index in [1.54, 1.807) is 0 Å². The van der Waals surface area contributed by atoms with Crippen molar-refractivity contribution in [1.29, 1.82) is 0 Å². The Balaban J connectivity index is 1.83. The first-order chi connectivity index (χ1) is 10.0. The SMILES string of the molecule is CC=C1C2CC([N+](=O)[O-])CCC2C2CCC([N+](=O)[O-])CC12. The summed E-state index contributed by atoms with van der Waals surface area (Å²) in [4.78, 5) is 21.9. The van der Waals surface area contributed by atoms with Gasteiger partial charge in [0.05, 0.1) is 0 Å². The van der Waals surface area contributed by atoms with Crippen LogP contribution < -0.4 is 0 Å². The number of allylic oxidation sites excluding steroid dienone is 2. The van der Waals surface area contributed by atoms with E-state index in [-0.39, 0.29) is 9.85 Å². The molecule has 0 radical (unpaired) electrons. The molecule has 0 bridgehead atoms. The molecule has 3 aliphatic carbocycles. The molecule has 3 saturated carbocycles. The van der Waals surface area contributed by atoms with Crippen molar-refractivity contribution in [3.8, 4) is 0 Å². The highest BCUT2D eigenvalue weighted by molar-refractivity contribution is 5.22. The molecule has 0 aromatic rings. The summed E-state index contributed by atoms with van der Waals surface area (Å²) in [6.45, 7) is 1.99. The minimum atomic E-state index is -0.423. The molecule has 3 aliphatic rings. The summed E-state index contributed by atoms with van der Waals surface area (Å²) in [5.74, 6) is 1.62. The summed E-state index contributed by atoms with van der Waals surface area (Å²) in [5, 5.41) is 22.2. The number of nitro groups is 2. The molecule has 21 heavy (non-hydrogen) atoms. The van der Waals surface area contributed by atoms with Crippen molar-refractivity contribution >= 4 is 0 Å². The van der Waals surface area contributed by atoms with Gasteiger partial charge in [-0.1, -0.05) is 11.6 Å². The fraction of sp³-hybridized carbons (Fsp3) is 0.867. The highest BCUT2D eigenvalue weighted by Gasteiger charge is 2.53. The lowest BCUT2D eigenvalue weighted by atomic mass is 9.71. The maximum absolute atomic E-state index is 11.1. The van der Waals surface area contributed by atoms with Crippen molar-refractivity contribution in [2.75, 3.05) is 0 Å². The van der Waals surface area contributed by atoms with Crippen molar-refractivity contribution < 1.29 is 9.85 Å². The van der Waals surface area contributed by atoms with E-state index >= 15 is 0 Å². The van der Waals surface area contributed by atoms with E-state index in [0.717, 1.165) is 12.8 Å². The molecule has 3 fully saturated rings. The number of hydrogen-bond donors (Lipinski definition) is 0. The first kappa shape index (κ1) is 14.5. The zero-order valence-corrected chi connectivity index (χ0v) is 12.3. The van der Waals surface area contributed by atoms with Crippen molar-refractivity contribution in [2.45, 2.75) is 57.5 Å². The molecule has 6 atom stereocenters. The van der Waals surface area contributed by atoms with Gasteiger partial charge in [0.15, 0.2) is 0 Å². The van der Waals surface area contributed by atoms with Gasteiger partial charge >= 0.3 is 0 Å². The van der Waals surface area contributed by atoms with Crippen LogP contribution in [0.2, 0.25) is 0 Å². The number of nitrogens with zero attached hydrogens (tertiary/aromatic N) is 2. The molecule has 0 N–H and O–H groups in total. The maximum Gasteiger partial charge on any atom is 0.213 e. The van der Waals surface area contributed by atoms with Crippen LogP contribution in [0.5, 0.6) is 0 Å². The molecule has 0 spiro atoms. The topological polar surface area (TPSA) is 86.3 Å². The molecular weight excluding hydrogens is 272 g/mol. The van der Waals surface area contributed by atoms with Gasteiger partial charge in [0.1, 0.15) is 0 Å². The zero-order chi connectivity index (χ0) is 15.1. The molecule has 6 heteroatoms. The Kier molecular flexibility index (Phi) is 3.71. The van der Waals surface area contributed by atoms with Crippen LogP contribution in [0.3, 0.4) is 0 Å². The summed E-state index contributed by atoms with van der Waals surface area (Å²) in [5.41, 5.74) is 1.28. The van der Waals surface area contributed by atoms with E-state index in [2.05, 4.69) is 6.08 Å². The molecular formula is C15H22N2O4. The normalized spacial score (nSPS) is 42.0. The summed E-state index contributed by atoms with van der Waals surface area (Å²) in [7, 11) is 0. The molecule has 6 nitrogen and oxygen atoms in total. The summed E-state index contributed by atoms with van der Waals surface area (Å²) < 4.78 is 0. The van der Waals surface area contributed by atoms with Crippen molar-refractivity contribution in [1.82, 2.24) is 0 Å². The van der Waals surface area contributed by atoms with E-state index in [0.29, 0.717) is 49.4 Å². The van der Waals surface area contributed by atoms with Gasteiger partial charge in [-0.15, -0.1) is 0 Å². The molecule has 0 saturated heterocycles. The lowest BCUT2D eigenvalue weighted by molar-refractivity contribution is -0.529. The average Bonchev–Trinajstić information content (AvgIpc) is 2.78. The predicted molar refractivity (Wildman–Crippen MR) is 77.0 cm³/mol. The van der Waals surface area contributed by atoms with Gasteiger partial charge in [0.25, 0.3) is 0 Å². The van der Waals surface area contributed by atoms with Gasteiger partial charge in [-0.2, -0.15) is 0 Å². The van der Waals surface area contributed by atoms with Gasteiger partial charge in [0, 0.05) is 35.5 Å². The molecule has 0 aliphatic heterocycles. The van der Waals surface area contributed by atoms with Gasteiger partial charge in [0.2, 0.25) is 12.1 Å². The van der Waals surface area contributed by atoms with Crippen molar-refractivity contribution in [3.63, 3.8) is 0 Å². The number of hydrogen-bond acceptors (Lipinski definition) is 4. The zero-order valence-electron chi connectivity index (χ0n) is 12.3. The minimum absolute atomic E-state index is 0.134. The van der Waals surface area contributed by atoms with Crippen LogP contribution >= 0.6 is 0 Å². The maximum atomic E-state index is 11.1. The Morgan fingerprint density at radius 3 is 1.67 bits per heavy atom. The van der Waals surface area contributed by atoms with E-state index < -0.39 is 12.1 Å². The Morgan fingerprint density at radius 2 is 1.33 bits per heavy atom. The molecule has 3 rings (SSSR count). The Labute approximate surface area is 123 Å². The van der Waals surface area contributed by atoms with Crippen LogP contribution in [0.25, 0.3) is 0 Å². The van der Waals surface area contributed by atoms with Gasteiger partial charge in [-0.25, -0.2) is 0 Å². The Bertz CT molecular complexity index is 450. The van der Waals surface area contributed by atoms with E-state index in [1.165, 1.54) is 5.57 Å². The average molecular weight is 294 g/mol. The summed E-state index contributed by atoms with van der Waals surface area (Å²) in [6, 6.07) is -0.847. The lowest BCUT2D eigenvalue weighted by Crippen LogP contribution is -2.34. The number of rotatable bonds is 2. The van der Waals surface area contributed by atoms with Crippen LogP contribution in [0, 0.1) is 43.9 Å². The van der Waals surface area contributed by atoms with E-state index in [1.807, 2.05) is 6.92 Å². The minimum Gasteiger partial charge on any atom is -0.264 e. The van der Waals surface area contributed by atoms with Crippen molar-refractivity contribution in [2.24, 2.45) is 23.7 Å². The summed E-state index contributed by atoms with van der Waals surface area (Å²) in [6.07, 6.45) is 6.53. The van der Waals surface area contributed by atoms with Gasteiger partial charge in [-0.05, 0) is 43.4 Å². The van der Waals surface area contributed by atoms with Gasteiger partial charge in [-0.3, -0.25) is 20.2 Å². The highest BCUT2D eigenvalue weighted by atomic mass is 16.6. The van der Waals surface area contributed by atoms with Crippen LogP contribution in [-0.2, 0) is 0 Å². The molecule has 0 heterocycles. The predicted octanol–water partition coefficient (Wildman–Crippen LogP) is 3.07. The third-order valence-electron chi connectivity index (χ3n) is 6.09. The first-order valence-corrected chi connectivity index (χ1v) is 7.96. The van der Waals surface area contributed by atoms with Gasteiger partial charge < -0.3 is 0 Å². The van der Waals surface area contributed by atoms with Crippen LogP contribution in [0.15, 0.2) is 11.6 Å². The third-order valence-corrected chi connectivity index (χ3v) is 6.09. The van der Waals surface area contributed by atoms with E-state index in [4.69, 9.17) is 0 Å². The fourth-order valence-corrected chi connectivity index (χ4v) is 5.22. The first-order valence-electron chi connectivity index (χ1n) is 7.96. The third kappa shape index (κ3) is 2.34. The fourth-order valence-electron chi connectivity index (χ4n) is 5.22. The lowest BCUT2D eigenvalue weighted by Gasteiger charge is -2.33. The monoisotopic (exact) mass is 294 g/mol. The van der Waals surface area contributed by atoms with Crippen LogP contribution in [0.4, 0.5) is 0 Å². The second-order valence-electron chi connectivity index (χ2n) is 6.83. The molecule has 0 amide bonds. The molecule has 0 aromatic carbocycles.